The first-order valence-electron chi connectivity index (χ1n) is 19.5. The maximum atomic E-state index is 9.28. The van der Waals surface area contributed by atoms with Crippen molar-refractivity contribution in [3.05, 3.63) is 120 Å². The zero-order chi connectivity index (χ0) is 41.2. The summed E-state index contributed by atoms with van der Waals surface area (Å²) >= 11 is 0. The van der Waals surface area contributed by atoms with Crippen molar-refractivity contribution < 1.29 is 14.9 Å². The van der Waals surface area contributed by atoms with E-state index >= 15 is 0 Å². The molecule has 0 amide bonds. The fourth-order valence-electron chi connectivity index (χ4n) is 7.28. The molecule has 0 aliphatic heterocycles. The molecule has 2 aromatic heterocycles. The Balaban J connectivity index is 0.000000237. The lowest BCUT2D eigenvalue weighted by atomic mass is 9.73. The monoisotopic (exact) mass is 765 g/mol. The fraction of sp³-hybridized carbons (Fsp3) is 0.362. The van der Waals surface area contributed by atoms with E-state index < -0.39 is 0 Å². The summed E-state index contributed by atoms with van der Waals surface area (Å²) < 4.78 is 0. The molecule has 2 fully saturated rings. The van der Waals surface area contributed by atoms with E-state index in [1.54, 1.807) is 0 Å². The number of pyridine rings is 2. The van der Waals surface area contributed by atoms with Gasteiger partial charge in [0.25, 0.3) is 0 Å². The van der Waals surface area contributed by atoms with Crippen LogP contribution in [0.4, 0.5) is 0 Å². The third-order valence-corrected chi connectivity index (χ3v) is 11.0. The molecule has 0 unspecified atom stereocenters. The van der Waals surface area contributed by atoms with Gasteiger partial charge in [0.05, 0.1) is 53.2 Å². The highest BCUT2D eigenvalue weighted by molar-refractivity contribution is 5.86. The summed E-state index contributed by atoms with van der Waals surface area (Å²) in [6.07, 6.45) is 15.8. The first-order chi connectivity index (χ1) is 27.6. The van der Waals surface area contributed by atoms with Crippen LogP contribution in [-0.2, 0) is 9.68 Å². The number of nitrogens with zero attached hydrogens (tertiary/aromatic N) is 6. The third kappa shape index (κ3) is 12.5. The summed E-state index contributed by atoms with van der Waals surface area (Å²) in [4.78, 5) is 18.1. The highest BCUT2D eigenvalue weighted by Gasteiger charge is 2.30. The number of oxime groups is 2. The van der Waals surface area contributed by atoms with Gasteiger partial charge in [-0.1, -0.05) is 98.7 Å². The topological polar surface area (TPSA) is 163 Å². The van der Waals surface area contributed by atoms with Gasteiger partial charge in [-0.3, -0.25) is 9.97 Å². The molecule has 2 aliphatic rings. The Hall–Kier alpha value is -5.94. The maximum absolute atomic E-state index is 9.28. The van der Waals surface area contributed by atoms with Gasteiger partial charge in [0.2, 0.25) is 0 Å². The van der Waals surface area contributed by atoms with Crippen molar-refractivity contribution in [2.24, 2.45) is 51.7 Å². The molecule has 4 aromatic rings. The second-order valence-corrected chi connectivity index (χ2v) is 14.8. The van der Waals surface area contributed by atoms with Gasteiger partial charge in [-0.05, 0) is 105 Å². The van der Waals surface area contributed by atoms with Crippen LogP contribution in [0.15, 0.2) is 108 Å². The Kier molecular flexibility index (Phi) is 17.3. The summed E-state index contributed by atoms with van der Waals surface area (Å²) in [5.41, 5.74) is 8.87. The Morgan fingerprint density at radius 2 is 1.16 bits per heavy atom. The largest absolute Gasteiger partial charge is 0.411 e. The lowest BCUT2D eigenvalue weighted by molar-refractivity contribution is 0.153. The van der Waals surface area contributed by atoms with E-state index in [0.717, 1.165) is 70.7 Å². The molecule has 0 bridgehead atoms. The zero-order valence-corrected chi connectivity index (χ0v) is 33.9. The van der Waals surface area contributed by atoms with Gasteiger partial charge in [-0.2, -0.15) is 10.5 Å². The number of hydrogen-bond acceptors (Lipinski definition) is 10. The normalized spacial score (nSPS) is 23.2. The van der Waals surface area contributed by atoms with Gasteiger partial charge in [-0.25, -0.2) is 5.90 Å². The van der Waals surface area contributed by atoms with Crippen LogP contribution in [0.25, 0.3) is 34.4 Å². The quantitative estimate of drug-likeness (QED) is 0.132. The molecule has 0 saturated heterocycles. The van der Waals surface area contributed by atoms with Crippen LogP contribution in [0, 0.1) is 58.2 Å². The molecule has 10 heteroatoms. The Morgan fingerprint density at radius 1 is 0.719 bits per heavy atom. The smallest absolute Gasteiger partial charge is 0.114 e. The molecule has 3 N–H and O–H groups in total. The van der Waals surface area contributed by atoms with Gasteiger partial charge in [0.15, 0.2) is 0 Å². The number of nitriles is 2. The highest BCUT2D eigenvalue weighted by atomic mass is 16.6. The molecule has 10 nitrogen and oxygen atoms in total. The number of nitrogens with two attached hydrogens (primary N) is 1. The van der Waals surface area contributed by atoms with Gasteiger partial charge >= 0.3 is 0 Å². The molecular weight excluding hydrogens is 711 g/mol. The van der Waals surface area contributed by atoms with Crippen molar-refractivity contribution in [1.82, 2.24) is 9.97 Å². The molecule has 2 aromatic carbocycles. The molecule has 0 spiro atoms. The summed E-state index contributed by atoms with van der Waals surface area (Å²) in [7, 11) is 1.40. The summed E-state index contributed by atoms with van der Waals surface area (Å²) in [5.74, 6) is 7.36. The first-order valence-corrected chi connectivity index (χ1v) is 19.5. The minimum Gasteiger partial charge on any atom is -0.411 e. The van der Waals surface area contributed by atoms with E-state index in [2.05, 4.69) is 89.1 Å². The minimum atomic E-state index is 0.352. The Morgan fingerprint density at radius 3 is 1.56 bits per heavy atom. The molecule has 0 radical (unpaired) electrons. The summed E-state index contributed by atoms with van der Waals surface area (Å²) in [6, 6.07) is 27.6. The minimum absolute atomic E-state index is 0.352. The molecule has 296 valence electrons. The van der Waals surface area contributed by atoms with E-state index in [4.69, 9.17) is 10.0 Å². The van der Waals surface area contributed by atoms with E-state index in [1.165, 1.54) is 7.11 Å². The van der Waals surface area contributed by atoms with Crippen LogP contribution in [0.2, 0.25) is 0 Å². The van der Waals surface area contributed by atoms with Crippen LogP contribution in [0.1, 0.15) is 82.8 Å². The molecule has 6 rings (SSSR count). The number of rotatable bonds is 8. The summed E-state index contributed by atoms with van der Waals surface area (Å²) in [5, 5.41) is 35.4. The van der Waals surface area contributed by atoms with Crippen molar-refractivity contribution in [3.8, 4) is 34.4 Å². The van der Waals surface area contributed by atoms with E-state index in [9.17, 15) is 10.5 Å². The molecule has 2 heterocycles. The number of allylic oxidation sites excluding steroid dienone is 2. The second kappa shape index (κ2) is 22.6. The highest BCUT2D eigenvalue weighted by Crippen LogP contribution is 2.36. The van der Waals surface area contributed by atoms with E-state index in [0.29, 0.717) is 53.2 Å². The van der Waals surface area contributed by atoms with Gasteiger partial charge < -0.3 is 14.9 Å². The van der Waals surface area contributed by atoms with Crippen LogP contribution < -0.4 is 5.90 Å². The van der Waals surface area contributed by atoms with Crippen LogP contribution in [0.3, 0.4) is 0 Å². The van der Waals surface area contributed by atoms with Crippen molar-refractivity contribution in [2.75, 3.05) is 13.7 Å². The standard InChI is InChI=1S/C24H27N3O.C22H23N3O.CH5NO/c1-4-28-27-23-13-17(2)18(3)19(14-23)9-11-22-12-10-21(16-26-22)24-8-6-5-7-20(24)15-25;1-15-11-21(25-26)12-17(16(15)2)7-9-20-10-8-19(14-24-20)22-6-4-3-5-18(22)13-23;1-3-2/h5-12,16-19H,4,13-14H2,1-3H3;3-10,14-17,26H,11-12H2,1-2H3;2H2,1H3/b11-9+,27-23?;9-7+,25-21?;/t17-,18+,19+;15-,16+,17+;/m00./s1. The molecule has 57 heavy (non-hydrogen) atoms. The van der Waals surface area contributed by atoms with Crippen molar-refractivity contribution in [2.45, 2.75) is 60.3 Å². The second-order valence-electron chi connectivity index (χ2n) is 14.8. The third-order valence-electron chi connectivity index (χ3n) is 11.0. The Bertz CT molecular complexity index is 2080. The molecular formula is C47H55N7O3. The average molecular weight is 766 g/mol. The number of hydrogen-bond donors (Lipinski definition) is 2. The van der Waals surface area contributed by atoms with Crippen molar-refractivity contribution in [3.63, 3.8) is 0 Å². The average Bonchev–Trinajstić information content (AvgIpc) is 3.24. The molecule has 6 atom stereocenters. The SMILES string of the molecule is CCON=C1C[C@@H](/C=C/c2ccc(-c3ccccc3C#N)cn2)[C@H](C)[C@@H](C)C1.CON.C[C@H]1[C@H](/C=C/c2ccc(-c3ccccc3C#N)cn2)CC(=NO)C[C@@H]1C. The zero-order valence-electron chi connectivity index (χ0n) is 33.9. The predicted octanol–water partition coefficient (Wildman–Crippen LogP) is 10.4. The van der Waals surface area contributed by atoms with Crippen LogP contribution in [-0.4, -0.2) is 40.3 Å². The van der Waals surface area contributed by atoms with Crippen LogP contribution in [0.5, 0.6) is 0 Å². The lowest BCUT2D eigenvalue weighted by Crippen LogP contribution is -2.28. The first kappa shape index (κ1) is 43.8. The molecule has 2 saturated carbocycles. The number of benzene rings is 2. The van der Waals surface area contributed by atoms with E-state index in [1.807, 2.05) is 98.2 Å². The predicted molar refractivity (Wildman–Crippen MR) is 228 cm³/mol. The molecule has 2 aliphatic carbocycles. The van der Waals surface area contributed by atoms with Crippen molar-refractivity contribution >= 4 is 23.6 Å². The lowest BCUT2D eigenvalue weighted by Gasteiger charge is -2.32. The van der Waals surface area contributed by atoms with Gasteiger partial charge in [0, 0.05) is 34.6 Å². The van der Waals surface area contributed by atoms with Gasteiger partial charge in [-0.15, -0.1) is 0 Å². The fourth-order valence-corrected chi connectivity index (χ4v) is 7.28. The summed E-state index contributed by atoms with van der Waals surface area (Å²) in [6.45, 7) is 11.6. The van der Waals surface area contributed by atoms with E-state index in [-0.39, 0.29) is 0 Å². The maximum Gasteiger partial charge on any atom is 0.114 e. The van der Waals surface area contributed by atoms with Crippen molar-refractivity contribution in [1.29, 1.82) is 10.5 Å². The van der Waals surface area contributed by atoms with Crippen LogP contribution >= 0.6 is 0 Å². The number of aromatic nitrogens is 2. The Labute approximate surface area is 338 Å². The van der Waals surface area contributed by atoms with Gasteiger partial charge in [0.1, 0.15) is 6.61 Å².